The lowest BCUT2D eigenvalue weighted by Crippen LogP contribution is -2.44. The van der Waals surface area contributed by atoms with Gasteiger partial charge in [0.05, 0.1) is 12.5 Å². The van der Waals surface area contributed by atoms with E-state index < -0.39 is 0 Å². The third-order valence-corrected chi connectivity index (χ3v) is 5.68. The van der Waals surface area contributed by atoms with Gasteiger partial charge in [-0.1, -0.05) is 0 Å². The molecule has 6 nitrogen and oxygen atoms in total. The largest absolute Gasteiger partial charge is 0.484 e. The van der Waals surface area contributed by atoms with Gasteiger partial charge in [0.25, 0.3) is 5.91 Å². The summed E-state index contributed by atoms with van der Waals surface area (Å²) in [6.45, 7) is 3.21. The average Bonchev–Trinajstić information content (AvgIpc) is 3.10. The van der Waals surface area contributed by atoms with Gasteiger partial charge in [-0.3, -0.25) is 9.59 Å². The molecule has 0 spiro atoms. The molecular formula is C22H27NO5. The van der Waals surface area contributed by atoms with Crippen LogP contribution in [0, 0.1) is 5.92 Å². The van der Waals surface area contributed by atoms with Gasteiger partial charge < -0.3 is 18.8 Å². The van der Waals surface area contributed by atoms with E-state index in [1.54, 1.807) is 11.8 Å². The van der Waals surface area contributed by atoms with E-state index in [9.17, 15) is 9.59 Å². The number of benzene rings is 1. The Morgan fingerprint density at radius 3 is 2.93 bits per heavy atom. The Bertz CT molecular complexity index is 871. The Morgan fingerprint density at radius 2 is 2.07 bits per heavy atom. The van der Waals surface area contributed by atoms with E-state index in [0.717, 1.165) is 42.4 Å². The fourth-order valence-electron chi connectivity index (χ4n) is 4.22. The zero-order valence-electron chi connectivity index (χ0n) is 16.4. The van der Waals surface area contributed by atoms with Crippen molar-refractivity contribution in [2.75, 3.05) is 26.3 Å². The van der Waals surface area contributed by atoms with E-state index in [1.165, 1.54) is 18.4 Å². The molecule has 28 heavy (non-hydrogen) atoms. The van der Waals surface area contributed by atoms with Crippen LogP contribution < -0.4 is 4.74 Å². The van der Waals surface area contributed by atoms with Crippen LogP contribution in [-0.4, -0.2) is 43.1 Å². The fourth-order valence-corrected chi connectivity index (χ4v) is 4.22. The first-order valence-corrected chi connectivity index (χ1v) is 10.3. The maximum atomic E-state index is 12.6. The SMILES string of the molecule is CCOC(=O)[C@@H]1CCCN(C(=O)COc2ccc3oc4c(c3c2)CCCC4)C1. The number of carbonyl (C=O) groups excluding carboxylic acids is 2. The lowest BCUT2D eigenvalue weighted by Gasteiger charge is -2.31. The second-order valence-electron chi connectivity index (χ2n) is 7.59. The Hall–Kier alpha value is -2.50. The highest BCUT2D eigenvalue weighted by atomic mass is 16.5. The second-order valence-corrected chi connectivity index (χ2v) is 7.59. The van der Waals surface area contributed by atoms with E-state index in [-0.39, 0.29) is 24.4 Å². The predicted molar refractivity (Wildman–Crippen MR) is 104 cm³/mol. The molecule has 2 aliphatic rings. The number of piperidine rings is 1. The molecule has 1 aliphatic carbocycles. The summed E-state index contributed by atoms with van der Waals surface area (Å²) in [6, 6.07) is 5.75. The van der Waals surface area contributed by atoms with Crippen LogP contribution >= 0.6 is 0 Å². The molecule has 0 unspecified atom stereocenters. The van der Waals surface area contributed by atoms with Crippen LogP contribution in [0.15, 0.2) is 22.6 Å². The summed E-state index contributed by atoms with van der Waals surface area (Å²) in [6.07, 6.45) is 5.96. The van der Waals surface area contributed by atoms with Crippen molar-refractivity contribution in [3.63, 3.8) is 0 Å². The van der Waals surface area contributed by atoms with E-state index in [2.05, 4.69) is 0 Å². The number of carbonyl (C=O) groups is 2. The molecule has 150 valence electrons. The fraction of sp³-hybridized carbons (Fsp3) is 0.545. The number of hydrogen-bond donors (Lipinski definition) is 0. The van der Waals surface area contributed by atoms with Crippen molar-refractivity contribution < 1.29 is 23.5 Å². The minimum atomic E-state index is -0.230. The molecule has 1 aromatic carbocycles. The Kier molecular flexibility index (Phi) is 5.55. The van der Waals surface area contributed by atoms with Crippen LogP contribution in [-0.2, 0) is 27.2 Å². The first kappa shape index (κ1) is 18.8. The maximum absolute atomic E-state index is 12.6. The smallest absolute Gasteiger partial charge is 0.310 e. The number of ether oxygens (including phenoxy) is 2. The Morgan fingerprint density at radius 1 is 1.21 bits per heavy atom. The van der Waals surface area contributed by atoms with Crippen LogP contribution in [0.2, 0.25) is 0 Å². The van der Waals surface area contributed by atoms with Gasteiger partial charge >= 0.3 is 5.97 Å². The Labute approximate surface area is 164 Å². The minimum Gasteiger partial charge on any atom is -0.484 e. The van der Waals surface area contributed by atoms with Gasteiger partial charge in [-0.2, -0.15) is 0 Å². The summed E-state index contributed by atoms with van der Waals surface area (Å²) in [7, 11) is 0. The van der Waals surface area contributed by atoms with Gasteiger partial charge in [0.1, 0.15) is 17.1 Å². The van der Waals surface area contributed by atoms with Crippen molar-refractivity contribution in [2.24, 2.45) is 5.92 Å². The normalized spacial score (nSPS) is 19.3. The number of nitrogens with zero attached hydrogens (tertiary/aromatic N) is 1. The molecule has 1 saturated heterocycles. The van der Waals surface area contributed by atoms with Gasteiger partial charge in [0, 0.05) is 30.5 Å². The van der Waals surface area contributed by atoms with E-state index in [0.29, 0.717) is 25.4 Å². The lowest BCUT2D eigenvalue weighted by molar-refractivity contribution is -0.151. The molecule has 0 radical (unpaired) electrons. The standard InChI is InChI=1S/C22H27NO5/c1-2-26-22(25)15-6-5-11-23(13-15)21(24)14-27-16-9-10-20-18(12-16)17-7-3-4-8-19(17)28-20/h9-10,12,15H,2-8,11,13-14H2,1H3/t15-/m1/s1. The van der Waals surface area contributed by atoms with Crippen LogP contribution in [0.3, 0.4) is 0 Å². The first-order valence-electron chi connectivity index (χ1n) is 10.3. The van der Waals surface area contributed by atoms with Crippen LogP contribution in [0.5, 0.6) is 5.75 Å². The number of esters is 1. The third kappa shape index (κ3) is 3.86. The molecule has 0 bridgehead atoms. The number of aryl methyl sites for hydroxylation is 2. The summed E-state index contributed by atoms with van der Waals surface area (Å²) in [4.78, 5) is 26.2. The van der Waals surface area contributed by atoms with Crippen molar-refractivity contribution >= 4 is 22.8 Å². The molecule has 6 heteroatoms. The number of hydrogen-bond acceptors (Lipinski definition) is 5. The van der Waals surface area contributed by atoms with Crippen molar-refractivity contribution in [3.8, 4) is 5.75 Å². The van der Waals surface area contributed by atoms with Gasteiger partial charge in [-0.25, -0.2) is 0 Å². The molecule has 0 saturated carbocycles. The topological polar surface area (TPSA) is 69.0 Å². The minimum absolute atomic E-state index is 0.0267. The van der Waals surface area contributed by atoms with Gasteiger partial charge in [0.15, 0.2) is 6.61 Å². The molecule has 0 N–H and O–H groups in total. The number of furan rings is 1. The van der Waals surface area contributed by atoms with E-state index in [1.807, 2.05) is 18.2 Å². The Balaban J connectivity index is 1.38. The van der Waals surface area contributed by atoms with E-state index >= 15 is 0 Å². The quantitative estimate of drug-likeness (QED) is 0.737. The monoisotopic (exact) mass is 385 g/mol. The summed E-state index contributed by atoms with van der Waals surface area (Å²) in [5.74, 6) is 1.23. The van der Waals surface area contributed by atoms with Gasteiger partial charge in [-0.15, -0.1) is 0 Å². The van der Waals surface area contributed by atoms with Crippen molar-refractivity contribution in [2.45, 2.75) is 45.4 Å². The van der Waals surface area contributed by atoms with Crippen LogP contribution in [0.1, 0.15) is 43.9 Å². The predicted octanol–water partition coefficient (Wildman–Crippen LogP) is 3.49. The summed E-state index contributed by atoms with van der Waals surface area (Å²) in [5.41, 5.74) is 2.17. The molecule has 1 fully saturated rings. The number of amides is 1. The highest BCUT2D eigenvalue weighted by Gasteiger charge is 2.29. The first-order chi connectivity index (χ1) is 13.7. The molecule has 1 amide bonds. The van der Waals surface area contributed by atoms with Crippen molar-refractivity contribution in [1.82, 2.24) is 4.90 Å². The molecule has 2 heterocycles. The number of rotatable bonds is 5. The molecule has 4 rings (SSSR count). The second kappa shape index (κ2) is 8.25. The average molecular weight is 385 g/mol. The highest BCUT2D eigenvalue weighted by Crippen LogP contribution is 2.34. The molecule has 2 aromatic rings. The van der Waals surface area contributed by atoms with Crippen molar-refractivity contribution in [1.29, 1.82) is 0 Å². The van der Waals surface area contributed by atoms with E-state index in [4.69, 9.17) is 13.9 Å². The maximum Gasteiger partial charge on any atom is 0.310 e. The number of fused-ring (bicyclic) bond motifs is 3. The molecule has 1 aromatic heterocycles. The number of likely N-dealkylation sites (tertiary alicyclic amines) is 1. The van der Waals surface area contributed by atoms with Crippen molar-refractivity contribution in [3.05, 3.63) is 29.5 Å². The van der Waals surface area contributed by atoms with Gasteiger partial charge in [0.2, 0.25) is 0 Å². The molecular weight excluding hydrogens is 358 g/mol. The molecule has 1 aliphatic heterocycles. The van der Waals surface area contributed by atoms with Crippen LogP contribution in [0.4, 0.5) is 0 Å². The summed E-state index contributed by atoms with van der Waals surface area (Å²) in [5, 5.41) is 1.10. The zero-order valence-corrected chi connectivity index (χ0v) is 16.4. The molecule has 1 atom stereocenters. The lowest BCUT2D eigenvalue weighted by atomic mass is 9.96. The van der Waals surface area contributed by atoms with Crippen LogP contribution in [0.25, 0.3) is 11.0 Å². The summed E-state index contributed by atoms with van der Waals surface area (Å²) < 4.78 is 16.8. The highest BCUT2D eigenvalue weighted by molar-refractivity contribution is 5.84. The zero-order chi connectivity index (χ0) is 19.5. The summed E-state index contributed by atoms with van der Waals surface area (Å²) >= 11 is 0. The third-order valence-electron chi connectivity index (χ3n) is 5.68. The van der Waals surface area contributed by atoms with Gasteiger partial charge in [-0.05, 0) is 57.2 Å².